The van der Waals surface area contributed by atoms with E-state index in [0.29, 0.717) is 13.1 Å². The number of carbonyl (C=O) groups excluding carboxylic acids is 1. The minimum Gasteiger partial charge on any atom is -0.380 e. The van der Waals surface area contributed by atoms with Crippen LogP contribution >= 0.6 is 0 Å². The molecule has 2 N–H and O–H groups in total. The van der Waals surface area contributed by atoms with Gasteiger partial charge in [0.2, 0.25) is 0 Å². The highest BCUT2D eigenvalue weighted by molar-refractivity contribution is 5.94. The third kappa shape index (κ3) is 2.89. The van der Waals surface area contributed by atoms with Crippen molar-refractivity contribution in [3.63, 3.8) is 0 Å². The summed E-state index contributed by atoms with van der Waals surface area (Å²) in [7, 11) is 1.70. The van der Waals surface area contributed by atoms with E-state index in [1.165, 1.54) is 0 Å². The molecule has 0 radical (unpaired) electrons. The summed E-state index contributed by atoms with van der Waals surface area (Å²) >= 11 is 0. The van der Waals surface area contributed by atoms with E-state index in [1.54, 1.807) is 7.11 Å². The highest BCUT2D eigenvalue weighted by Crippen LogP contribution is 2.16. The summed E-state index contributed by atoms with van der Waals surface area (Å²) in [6.07, 6.45) is 2.20. The van der Waals surface area contributed by atoms with Crippen LogP contribution < -0.4 is 5.73 Å². The smallest absolute Gasteiger partial charge is 0.253 e. The van der Waals surface area contributed by atoms with Crippen molar-refractivity contribution in [3.8, 4) is 0 Å². The van der Waals surface area contributed by atoms with E-state index >= 15 is 0 Å². The number of carbonyl (C=O) groups is 1. The minimum absolute atomic E-state index is 0.0760. The van der Waals surface area contributed by atoms with Crippen LogP contribution in [0.5, 0.6) is 0 Å². The lowest BCUT2D eigenvalue weighted by molar-refractivity contribution is 0.0269. The van der Waals surface area contributed by atoms with Gasteiger partial charge < -0.3 is 15.4 Å². The molecule has 1 aromatic rings. The van der Waals surface area contributed by atoms with Crippen LogP contribution in [0.4, 0.5) is 0 Å². The first-order valence-corrected chi connectivity index (χ1v) is 6.35. The Hall–Kier alpha value is -1.39. The van der Waals surface area contributed by atoms with Crippen LogP contribution in [0.1, 0.15) is 28.8 Å². The Kier molecular flexibility index (Phi) is 4.33. The Morgan fingerprint density at radius 3 is 3.11 bits per heavy atom. The number of methoxy groups -OCH3 is 1. The Morgan fingerprint density at radius 2 is 2.39 bits per heavy atom. The molecule has 0 bridgehead atoms. The molecular weight excluding hydrogens is 228 g/mol. The van der Waals surface area contributed by atoms with Gasteiger partial charge in [0.1, 0.15) is 0 Å². The lowest BCUT2D eigenvalue weighted by atomic mass is 10.1. The number of likely N-dealkylation sites (tertiary alicyclic amines) is 1. The Labute approximate surface area is 108 Å². The van der Waals surface area contributed by atoms with Gasteiger partial charge in [0.05, 0.1) is 6.10 Å². The van der Waals surface area contributed by atoms with Crippen molar-refractivity contribution in [2.75, 3.05) is 20.2 Å². The third-order valence-corrected chi connectivity index (χ3v) is 3.41. The fraction of sp³-hybridized carbons (Fsp3) is 0.500. The van der Waals surface area contributed by atoms with E-state index in [-0.39, 0.29) is 12.0 Å². The quantitative estimate of drug-likeness (QED) is 0.879. The summed E-state index contributed by atoms with van der Waals surface area (Å²) in [6.45, 7) is 1.95. The van der Waals surface area contributed by atoms with Gasteiger partial charge in [-0.05, 0) is 30.5 Å². The van der Waals surface area contributed by atoms with Gasteiger partial charge in [-0.25, -0.2) is 0 Å². The number of ether oxygens (including phenoxy) is 1. The largest absolute Gasteiger partial charge is 0.380 e. The topological polar surface area (TPSA) is 55.6 Å². The standard InChI is InChI=1S/C14H20N2O2/c1-18-13-6-3-7-16(10-13)14(17)12-5-2-4-11(8-12)9-15/h2,4-5,8,13H,3,6-7,9-10,15H2,1H3. The normalized spacial score (nSPS) is 19.9. The van der Waals surface area contributed by atoms with E-state index in [1.807, 2.05) is 29.2 Å². The number of hydrogen-bond acceptors (Lipinski definition) is 3. The number of hydrogen-bond donors (Lipinski definition) is 1. The van der Waals surface area contributed by atoms with Crippen molar-refractivity contribution >= 4 is 5.91 Å². The van der Waals surface area contributed by atoms with E-state index in [0.717, 1.165) is 30.5 Å². The Morgan fingerprint density at radius 1 is 1.56 bits per heavy atom. The van der Waals surface area contributed by atoms with Crippen LogP contribution in [0.25, 0.3) is 0 Å². The lowest BCUT2D eigenvalue weighted by Gasteiger charge is -2.32. The molecule has 1 fully saturated rings. The molecule has 2 rings (SSSR count). The third-order valence-electron chi connectivity index (χ3n) is 3.41. The van der Waals surface area contributed by atoms with Gasteiger partial charge in [-0.15, -0.1) is 0 Å². The van der Waals surface area contributed by atoms with E-state index in [2.05, 4.69) is 0 Å². The van der Waals surface area contributed by atoms with Gasteiger partial charge in [-0.2, -0.15) is 0 Å². The second kappa shape index (κ2) is 5.98. The zero-order chi connectivity index (χ0) is 13.0. The predicted molar refractivity (Wildman–Crippen MR) is 70.3 cm³/mol. The monoisotopic (exact) mass is 248 g/mol. The van der Waals surface area contributed by atoms with Gasteiger partial charge >= 0.3 is 0 Å². The van der Waals surface area contributed by atoms with Crippen molar-refractivity contribution in [1.82, 2.24) is 4.90 Å². The number of benzene rings is 1. The molecule has 0 aromatic heterocycles. The summed E-state index contributed by atoms with van der Waals surface area (Å²) in [5.74, 6) is 0.0760. The fourth-order valence-electron chi connectivity index (χ4n) is 2.33. The van der Waals surface area contributed by atoms with E-state index in [9.17, 15) is 4.79 Å². The average molecular weight is 248 g/mol. The molecule has 1 amide bonds. The molecule has 0 spiro atoms. The number of piperidine rings is 1. The number of amides is 1. The van der Waals surface area contributed by atoms with Crippen LogP contribution in [-0.2, 0) is 11.3 Å². The summed E-state index contributed by atoms with van der Waals surface area (Å²) in [4.78, 5) is 14.2. The van der Waals surface area contributed by atoms with Gasteiger partial charge in [0.15, 0.2) is 0 Å². The van der Waals surface area contributed by atoms with Crippen molar-refractivity contribution in [2.45, 2.75) is 25.5 Å². The molecule has 1 aliphatic rings. The molecule has 1 heterocycles. The molecule has 4 heteroatoms. The maximum absolute atomic E-state index is 12.4. The van der Waals surface area contributed by atoms with Gasteiger partial charge in [-0.3, -0.25) is 4.79 Å². The highest BCUT2D eigenvalue weighted by Gasteiger charge is 2.24. The summed E-state index contributed by atoms with van der Waals surface area (Å²) in [5.41, 5.74) is 7.30. The molecule has 4 nitrogen and oxygen atoms in total. The molecule has 1 atom stereocenters. The predicted octanol–water partition coefficient (Wildman–Crippen LogP) is 1.40. The zero-order valence-electron chi connectivity index (χ0n) is 10.8. The summed E-state index contributed by atoms with van der Waals surface area (Å²) < 4.78 is 5.34. The molecule has 1 aromatic carbocycles. The molecule has 0 saturated carbocycles. The molecule has 1 unspecified atom stereocenters. The van der Waals surface area contributed by atoms with E-state index < -0.39 is 0 Å². The fourth-order valence-corrected chi connectivity index (χ4v) is 2.33. The zero-order valence-corrected chi connectivity index (χ0v) is 10.8. The number of nitrogens with two attached hydrogens (primary N) is 1. The van der Waals surface area contributed by atoms with Crippen LogP contribution in [0.3, 0.4) is 0 Å². The van der Waals surface area contributed by atoms with Crippen LogP contribution in [0.2, 0.25) is 0 Å². The van der Waals surface area contributed by atoms with Crippen LogP contribution in [0.15, 0.2) is 24.3 Å². The maximum Gasteiger partial charge on any atom is 0.253 e. The van der Waals surface area contributed by atoms with Crippen LogP contribution in [-0.4, -0.2) is 37.1 Å². The highest BCUT2D eigenvalue weighted by atomic mass is 16.5. The number of nitrogens with zero attached hydrogens (tertiary/aromatic N) is 1. The second-order valence-corrected chi connectivity index (χ2v) is 4.66. The van der Waals surface area contributed by atoms with Crippen molar-refractivity contribution in [3.05, 3.63) is 35.4 Å². The Balaban J connectivity index is 2.10. The molecule has 1 saturated heterocycles. The van der Waals surface area contributed by atoms with Gasteiger partial charge in [0.25, 0.3) is 5.91 Å². The first-order chi connectivity index (χ1) is 8.74. The van der Waals surface area contributed by atoms with Gasteiger partial charge in [-0.1, -0.05) is 12.1 Å². The average Bonchev–Trinajstić information content (AvgIpc) is 2.46. The molecule has 0 aliphatic carbocycles. The van der Waals surface area contributed by atoms with E-state index in [4.69, 9.17) is 10.5 Å². The maximum atomic E-state index is 12.4. The Bertz CT molecular complexity index is 420. The van der Waals surface area contributed by atoms with Gasteiger partial charge in [0, 0.05) is 32.3 Å². The molecule has 1 aliphatic heterocycles. The van der Waals surface area contributed by atoms with Crippen LogP contribution in [0, 0.1) is 0 Å². The SMILES string of the molecule is COC1CCCN(C(=O)c2cccc(CN)c2)C1. The first-order valence-electron chi connectivity index (χ1n) is 6.35. The van der Waals surface area contributed by atoms with Crippen molar-refractivity contribution in [1.29, 1.82) is 0 Å². The van der Waals surface area contributed by atoms with Crippen molar-refractivity contribution in [2.24, 2.45) is 5.73 Å². The lowest BCUT2D eigenvalue weighted by Crippen LogP contribution is -2.42. The summed E-state index contributed by atoms with van der Waals surface area (Å²) in [6, 6.07) is 7.54. The summed E-state index contributed by atoms with van der Waals surface area (Å²) in [5, 5.41) is 0. The molecule has 98 valence electrons. The molecular formula is C14H20N2O2. The molecule has 18 heavy (non-hydrogen) atoms. The number of rotatable bonds is 3. The first kappa shape index (κ1) is 13.1. The minimum atomic E-state index is 0.0760. The van der Waals surface area contributed by atoms with Crippen molar-refractivity contribution < 1.29 is 9.53 Å². The second-order valence-electron chi connectivity index (χ2n) is 4.66.